The summed E-state index contributed by atoms with van der Waals surface area (Å²) in [4.78, 5) is 8.73. The van der Waals surface area contributed by atoms with Crippen LogP contribution in [0.15, 0.2) is 42.6 Å². The molecule has 2 aromatic carbocycles. The van der Waals surface area contributed by atoms with Crippen LogP contribution in [-0.4, -0.2) is 30.4 Å². The topological polar surface area (TPSA) is 90.1 Å². The van der Waals surface area contributed by atoms with E-state index in [1.54, 1.807) is 13.3 Å². The Hall–Kier alpha value is -2.63. The SMILES string of the molecule is COc1cc(F)c(N)cc1Cc1ncc(Cl)c(Nc2ccccc2P(C)(C)=O)n1. The number of nitrogens with zero attached hydrogens (tertiary/aromatic N) is 2. The highest BCUT2D eigenvalue weighted by molar-refractivity contribution is 7.70. The van der Waals surface area contributed by atoms with Crippen LogP contribution >= 0.6 is 18.7 Å². The van der Waals surface area contributed by atoms with Gasteiger partial charge in [0.2, 0.25) is 0 Å². The highest BCUT2D eigenvalue weighted by Gasteiger charge is 2.17. The summed E-state index contributed by atoms with van der Waals surface area (Å²) in [5.41, 5.74) is 7.01. The van der Waals surface area contributed by atoms with Gasteiger partial charge in [-0.05, 0) is 31.5 Å². The Morgan fingerprint density at radius 2 is 2.00 bits per heavy atom. The van der Waals surface area contributed by atoms with Gasteiger partial charge in [-0.3, -0.25) is 0 Å². The number of hydrogen-bond donors (Lipinski definition) is 2. The van der Waals surface area contributed by atoms with Crippen LogP contribution in [-0.2, 0) is 11.0 Å². The molecule has 6 nitrogen and oxygen atoms in total. The lowest BCUT2D eigenvalue weighted by Crippen LogP contribution is -2.11. The van der Waals surface area contributed by atoms with Crippen molar-refractivity contribution in [3.05, 3.63) is 64.8 Å². The molecule has 1 heterocycles. The van der Waals surface area contributed by atoms with Crippen molar-refractivity contribution in [2.24, 2.45) is 0 Å². The fourth-order valence-electron chi connectivity index (χ4n) is 2.87. The van der Waals surface area contributed by atoms with Gasteiger partial charge < -0.3 is 20.4 Å². The summed E-state index contributed by atoms with van der Waals surface area (Å²) in [7, 11) is -1.06. The van der Waals surface area contributed by atoms with Crippen molar-refractivity contribution in [2.75, 3.05) is 31.5 Å². The zero-order valence-electron chi connectivity index (χ0n) is 16.2. The number of aromatic nitrogens is 2. The lowest BCUT2D eigenvalue weighted by atomic mass is 10.1. The van der Waals surface area contributed by atoms with Crippen LogP contribution in [0.25, 0.3) is 0 Å². The van der Waals surface area contributed by atoms with Crippen molar-refractivity contribution in [3.8, 4) is 5.75 Å². The first-order chi connectivity index (χ1) is 13.7. The van der Waals surface area contributed by atoms with Gasteiger partial charge >= 0.3 is 0 Å². The molecule has 0 unspecified atom stereocenters. The first kappa shape index (κ1) is 21.1. The molecule has 0 amide bonds. The fraction of sp³-hybridized carbons (Fsp3) is 0.200. The Morgan fingerprint density at radius 1 is 1.28 bits per heavy atom. The number of hydrogen-bond acceptors (Lipinski definition) is 6. The molecule has 3 N–H and O–H groups in total. The molecule has 0 radical (unpaired) electrons. The van der Waals surface area contributed by atoms with Crippen molar-refractivity contribution in [2.45, 2.75) is 6.42 Å². The number of halogens is 2. The molecule has 0 fully saturated rings. The van der Waals surface area contributed by atoms with E-state index in [9.17, 15) is 8.96 Å². The summed E-state index contributed by atoms with van der Waals surface area (Å²) in [5, 5.41) is 4.17. The average Bonchev–Trinajstić information content (AvgIpc) is 2.66. The molecule has 0 saturated carbocycles. The molecular formula is C20H21ClFN4O2P. The second-order valence-corrected chi connectivity index (χ2v) is 10.4. The van der Waals surface area contributed by atoms with E-state index in [-0.39, 0.29) is 12.1 Å². The molecule has 0 aliphatic carbocycles. The molecular weight excluding hydrogens is 414 g/mol. The Bertz CT molecular complexity index is 1100. The number of nitrogens with two attached hydrogens (primary N) is 1. The maximum absolute atomic E-state index is 13.7. The minimum Gasteiger partial charge on any atom is -0.496 e. The van der Waals surface area contributed by atoms with Gasteiger partial charge in [-0.15, -0.1) is 0 Å². The summed E-state index contributed by atoms with van der Waals surface area (Å²) in [5.74, 6) is 0.625. The van der Waals surface area contributed by atoms with Crippen molar-refractivity contribution >= 4 is 41.2 Å². The van der Waals surface area contributed by atoms with Crippen LogP contribution < -0.4 is 21.1 Å². The van der Waals surface area contributed by atoms with E-state index < -0.39 is 13.0 Å². The van der Waals surface area contributed by atoms with Crippen molar-refractivity contribution < 1.29 is 13.7 Å². The largest absolute Gasteiger partial charge is 0.496 e. The van der Waals surface area contributed by atoms with Gasteiger partial charge in [0.25, 0.3) is 0 Å². The molecule has 0 atom stereocenters. The highest BCUT2D eigenvalue weighted by atomic mass is 35.5. The van der Waals surface area contributed by atoms with Gasteiger partial charge in [-0.1, -0.05) is 23.7 Å². The molecule has 1 aromatic heterocycles. The van der Waals surface area contributed by atoms with Crippen LogP contribution in [0.5, 0.6) is 5.75 Å². The lowest BCUT2D eigenvalue weighted by molar-refractivity contribution is 0.407. The van der Waals surface area contributed by atoms with E-state index in [2.05, 4.69) is 15.3 Å². The van der Waals surface area contributed by atoms with Gasteiger partial charge in [-0.25, -0.2) is 14.4 Å². The maximum Gasteiger partial charge on any atom is 0.153 e. The smallest absolute Gasteiger partial charge is 0.153 e. The highest BCUT2D eigenvalue weighted by Crippen LogP contribution is 2.38. The third kappa shape index (κ3) is 4.86. The normalized spacial score (nSPS) is 11.3. The molecule has 29 heavy (non-hydrogen) atoms. The number of benzene rings is 2. The minimum absolute atomic E-state index is 0.0173. The predicted molar refractivity (Wildman–Crippen MR) is 116 cm³/mol. The van der Waals surface area contributed by atoms with Crippen LogP contribution in [0.4, 0.5) is 21.6 Å². The quantitative estimate of drug-likeness (QED) is 0.440. The second kappa shape index (κ2) is 8.39. The third-order valence-electron chi connectivity index (χ3n) is 4.28. The number of rotatable bonds is 6. The number of methoxy groups -OCH3 is 1. The van der Waals surface area contributed by atoms with E-state index in [1.807, 2.05) is 24.3 Å². The van der Waals surface area contributed by atoms with E-state index in [0.717, 1.165) is 0 Å². The summed E-state index contributed by atoms with van der Waals surface area (Å²) >= 11 is 6.27. The number of nitrogens with one attached hydrogen (secondary N) is 1. The number of para-hydroxylation sites is 1. The maximum atomic E-state index is 13.7. The van der Waals surface area contributed by atoms with Crippen LogP contribution in [0.3, 0.4) is 0 Å². The van der Waals surface area contributed by atoms with Crippen molar-refractivity contribution in [1.29, 1.82) is 0 Å². The molecule has 0 saturated heterocycles. The fourth-order valence-corrected chi connectivity index (χ4v) is 4.16. The monoisotopic (exact) mass is 434 g/mol. The van der Waals surface area contributed by atoms with Crippen LogP contribution in [0.2, 0.25) is 5.02 Å². The Morgan fingerprint density at radius 3 is 2.69 bits per heavy atom. The lowest BCUT2D eigenvalue weighted by Gasteiger charge is -2.16. The summed E-state index contributed by atoms with van der Waals surface area (Å²) in [6.07, 6.45) is 1.74. The van der Waals surface area contributed by atoms with Crippen molar-refractivity contribution in [3.63, 3.8) is 0 Å². The number of ether oxygens (including phenoxy) is 1. The molecule has 0 aliphatic rings. The molecule has 3 aromatic rings. The zero-order valence-corrected chi connectivity index (χ0v) is 17.9. The first-order valence-corrected chi connectivity index (χ1v) is 11.7. The number of anilines is 3. The predicted octanol–water partition coefficient (Wildman–Crippen LogP) is 4.44. The number of nitrogen functional groups attached to an aromatic ring is 1. The van der Waals surface area contributed by atoms with Gasteiger partial charge in [0.1, 0.15) is 29.6 Å². The zero-order chi connectivity index (χ0) is 21.2. The Balaban J connectivity index is 1.95. The van der Waals surface area contributed by atoms with Gasteiger partial charge in [-0.2, -0.15) is 0 Å². The van der Waals surface area contributed by atoms with Crippen LogP contribution in [0, 0.1) is 5.82 Å². The molecule has 152 valence electrons. The third-order valence-corrected chi connectivity index (χ3v) is 6.11. The molecule has 3 rings (SSSR count). The van der Waals surface area contributed by atoms with Crippen molar-refractivity contribution in [1.82, 2.24) is 9.97 Å². The summed E-state index contributed by atoms with van der Waals surface area (Å²) < 4.78 is 31.5. The van der Waals surface area contributed by atoms with Gasteiger partial charge in [0.05, 0.1) is 24.7 Å². The molecule has 9 heteroatoms. The van der Waals surface area contributed by atoms with Gasteiger partial charge in [0.15, 0.2) is 5.82 Å². The van der Waals surface area contributed by atoms with E-state index in [0.29, 0.717) is 39.0 Å². The minimum atomic E-state index is -2.51. The standard InChI is InChI=1S/C20H21ClFN4O2P/c1-28-17-10-14(22)15(23)8-12(17)9-19-24-11-13(21)20(26-19)25-16-6-4-5-7-18(16)29(2,3)27/h4-8,10-11H,9,23H2,1-3H3,(H,24,25,26). The summed E-state index contributed by atoms with van der Waals surface area (Å²) in [6, 6.07) is 10.0. The van der Waals surface area contributed by atoms with E-state index in [4.69, 9.17) is 22.1 Å². The summed E-state index contributed by atoms with van der Waals surface area (Å²) in [6.45, 7) is 3.40. The second-order valence-electron chi connectivity index (χ2n) is 6.84. The van der Waals surface area contributed by atoms with Crippen LogP contribution in [0.1, 0.15) is 11.4 Å². The van der Waals surface area contributed by atoms with E-state index in [1.165, 1.54) is 25.4 Å². The van der Waals surface area contributed by atoms with Gasteiger partial charge in [0, 0.05) is 23.4 Å². The molecule has 0 bridgehead atoms. The Kier molecular flexibility index (Phi) is 6.10. The average molecular weight is 435 g/mol. The first-order valence-electron chi connectivity index (χ1n) is 8.74. The Labute approximate surface area is 173 Å². The molecule has 0 spiro atoms. The van der Waals surface area contributed by atoms with E-state index >= 15 is 0 Å². The molecule has 0 aliphatic heterocycles.